The van der Waals surface area contributed by atoms with E-state index in [4.69, 9.17) is 21.4 Å². The van der Waals surface area contributed by atoms with Gasteiger partial charge in [-0.15, -0.1) is 0 Å². The molecule has 0 aliphatic carbocycles. The van der Waals surface area contributed by atoms with Gasteiger partial charge in [-0.25, -0.2) is 15.0 Å². The molecule has 0 amide bonds. The van der Waals surface area contributed by atoms with Gasteiger partial charge in [-0.2, -0.15) is 0 Å². The Morgan fingerprint density at radius 1 is 1.44 bits per heavy atom. The van der Waals surface area contributed by atoms with Gasteiger partial charge in [0.25, 0.3) is 0 Å². The number of aromatic nitrogens is 4. The van der Waals surface area contributed by atoms with E-state index in [1.807, 2.05) is 4.57 Å². The predicted molar refractivity (Wildman–Crippen MR) is 65.4 cm³/mol. The van der Waals surface area contributed by atoms with Crippen LogP contribution in [0.1, 0.15) is 18.9 Å². The topological polar surface area (TPSA) is 73.1 Å². The molecule has 18 heavy (non-hydrogen) atoms. The molecule has 0 aromatic carbocycles. The maximum absolute atomic E-state index is 9.05. The number of halogens is 1. The monoisotopic (exact) mass is 268 g/mol. The number of hydrogen-bond donors (Lipinski definition) is 1. The predicted octanol–water partition coefficient (Wildman–Crippen LogP) is 1.19. The molecule has 7 heteroatoms. The van der Waals surface area contributed by atoms with Crippen molar-refractivity contribution in [2.75, 3.05) is 13.2 Å². The van der Waals surface area contributed by atoms with Crippen molar-refractivity contribution in [2.45, 2.75) is 25.0 Å². The second-order valence-corrected chi connectivity index (χ2v) is 4.62. The van der Waals surface area contributed by atoms with E-state index in [9.17, 15) is 0 Å². The SMILES string of the molecule is OCC[C@H]1OCC[C@H]1n1cnc2c(Cl)ncnc21. The average molecular weight is 269 g/mol. The van der Waals surface area contributed by atoms with Crippen LogP contribution in [0.25, 0.3) is 11.2 Å². The van der Waals surface area contributed by atoms with Gasteiger partial charge >= 0.3 is 0 Å². The summed E-state index contributed by atoms with van der Waals surface area (Å²) in [7, 11) is 0. The van der Waals surface area contributed by atoms with Gasteiger partial charge in [-0.1, -0.05) is 11.6 Å². The smallest absolute Gasteiger partial charge is 0.165 e. The molecule has 6 nitrogen and oxygen atoms in total. The first-order chi connectivity index (χ1) is 8.81. The van der Waals surface area contributed by atoms with Crippen LogP contribution in [0, 0.1) is 0 Å². The molecule has 0 unspecified atom stereocenters. The van der Waals surface area contributed by atoms with Crippen LogP contribution in [0.5, 0.6) is 0 Å². The van der Waals surface area contributed by atoms with Crippen molar-refractivity contribution in [3.63, 3.8) is 0 Å². The van der Waals surface area contributed by atoms with Crippen LogP contribution in [0.15, 0.2) is 12.7 Å². The number of aliphatic hydroxyl groups is 1. The lowest BCUT2D eigenvalue weighted by molar-refractivity contribution is 0.0699. The Kier molecular flexibility index (Phi) is 3.15. The maximum Gasteiger partial charge on any atom is 0.165 e. The minimum atomic E-state index is 0.00106. The fraction of sp³-hybridized carbons (Fsp3) is 0.545. The molecule has 1 aliphatic heterocycles. The molecule has 2 aromatic heterocycles. The first-order valence-corrected chi connectivity index (χ1v) is 6.24. The molecule has 3 rings (SSSR count). The van der Waals surface area contributed by atoms with E-state index in [0.29, 0.717) is 29.3 Å². The summed E-state index contributed by atoms with van der Waals surface area (Å²) in [6, 6.07) is 0.146. The van der Waals surface area contributed by atoms with Gasteiger partial charge in [0.1, 0.15) is 11.8 Å². The molecule has 96 valence electrons. The summed E-state index contributed by atoms with van der Waals surface area (Å²) >= 11 is 5.98. The van der Waals surface area contributed by atoms with E-state index < -0.39 is 0 Å². The summed E-state index contributed by atoms with van der Waals surface area (Å²) < 4.78 is 7.59. The second-order valence-electron chi connectivity index (χ2n) is 4.27. The largest absolute Gasteiger partial charge is 0.396 e. The lowest BCUT2D eigenvalue weighted by Crippen LogP contribution is -2.21. The molecule has 2 aromatic rings. The second kappa shape index (κ2) is 4.79. The Bertz CT molecular complexity index is 559. The van der Waals surface area contributed by atoms with Gasteiger partial charge in [-0.05, 0) is 12.8 Å². The van der Waals surface area contributed by atoms with Crippen LogP contribution >= 0.6 is 11.6 Å². The first kappa shape index (κ1) is 11.8. The van der Waals surface area contributed by atoms with Crippen molar-refractivity contribution in [1.82, 2.24) is 19.5 Å². The fourth-order valence-corrected chi connectivity index (χ4v) is 2.60. The van der Waals surface area contributed by atoms with Crippen molar-refractivity contribution in [1.29, 1.82) is 0 Å². The average Bonchev–Trinajstić information content (AvgIpc) is 2.96. The lowest BCUT2D eigenvalue weighted by atomic mass is 10.1. The zero-order chi connectivity index (χ0) is 12.5. The van der Waals surface area contributed by atoms with E-state index in [1.54, 1.807) is 6.33 Å². The first-order valence-electron chi connectivity index (χ1n) is 5.86. The number of imidazole rings is 1. The van der Waals surface area contributed by atoms with Crippen molar-refractivity contribution in [3.8, 4) is 0 Å². The van der Waals surface area contributed by atoms with E-state index in [0.717, 1.165) is 6.42 Å². The number of aliphatic hydroxyl groups excluding tert-OH is 1. The van der Waals surface area contributed by atoms with Crippen molar-refractivity contribution in [3.05, 3.63) is 17.8 Å². The normalized spacial score (nSPS) is 23.9. The van der Waals surface area contributed by atoms with Crippen molar-refractivity contribution >= 4 is 22.8 Å². The molecule has 0 radical (unpaired) electrons. The Morgan fingerprint density at radius 2 is 2.33 bits per heavy atom. The molecular weight excluding hydrogens is 256 g/mol. The minimum Gasteiger partial charge on any atom is -0.396 e. The van der Waals surface area contributed by atoms with Crippen LogP contribution in [0.4, 0.5) is 0 Å². The number of ether oxygens (including phenoxy) is 1. The Morgan fingerprint density at radius 3 is 3.17 bits per heavy atom. The van der Waals surface area contributed by atoms with Crippen LogP contribution in [0.2, 0.25) is 5.15 Å². The summed E-state index contributed by atoms with van der Waals surface area (Å²) in [5, 5.41) is 9.41. The quantitative estimate of drug-likeness (QED) is 0.847. The van der Waals surface area contributed by atoms with Gasteiger partial charge < -0.3 is 14.4 Å². The molecule has 0 spiro atoms. The minimum absolute atomic E-state index is 0.00106. The highest BCUT2D eigenvalue weighted by molar-refractivity contribution is 6.33. The van der Waals surface area contributed by atoms with Gasteiger partial charge in [0.2, 0.25) is 0 Å². The van der Waals surface area contributed by atoms with Gasteiger partial charge in [0, 0.05) is 13.2 Å². The third-order valence-electron chi connectivity index (χ3n) is 3.26. The number of fused-ring (bicyclic) bond motifs is 1. The highest BCUT2D eigenvalue weighted by Crippen LogP contribution is 2.31. The number of rotatable bonds is 3. The third kappa shape index (κ3) is 1.86. The molecule has 1 aliphatic rings. The highest BCUT2D eigenvalue weighted by atomic mass is 35.5. The van der Waals surface area contributed by atoms with E-state index in [1.165, 1.54) is 6.33 Å². The summed E-state index contributed by atoms with van der Waals surface area (Å²) in [5.41, 5.74) is 1.32. The van der Waals surface area contributed by atoms with Crippen LogP contribution in [-0.2, 0) is 4.74 Å². The molecule has 1 fully saturated rings. The highest BCUT2D eigenvalue weighted by Gasteiger charge is 2.30. The zero-order valence-corrected chi connectivity index (χ0v) is 10.4. The van der Waals surface area contributed by atoms with E-state index >= 15 is 0 Å². The summed E-state index contributed by atoms with van der Waals surface area (Å²) in [6.07, 6.45) is 4.65. The molecule has 0 bridgehead atoms. The lowest BCUT2D eigenvalue weighted by Gasteiger charge is -2.19. The Balaban J connectivity index is 2.01. The number of hydrogen-bond acceptors (Lipinski definition) is 5. The molecule has 0 saturated carbocycles. The molecular formula is C11H13ClN4O2. The fourth-order valence-electron chi connectivity index (χ4n) is 2.42. The van der Waals surface area contributed by atoms with E-state index in [2.05, 4.69) is 15.0 Å². The summed E-state index contributed by atoms with van der Waals surface area (Å²) in [4.78, 5) is 12.4. The van der Waals surface area contributed by atoms with Gasteiger partial charge in [0.15, 0.2) is 10.8 Å². The van der Waals surface area contributed by atoms with Gasteiger partial charge in [-0.3, -0.25) is 0 Å². The van der Waals surface area contributed by atoms with Crippen LogP contribution in [0.3, 0.4) is 0 Å². The molecule has 1 saturated heterocycles. The third-order valence-corrected chi connectivity index (χ3v) is 3.54. The zero-order valence-electron chi connectivity index (χ0n) is 9.66. The molecule has 2 atom stereocenters. The maximum atomic E-state index is 9.05. The summed E-state index contributed by atoms with van der Waals surface area (Å²) in [5.74, 6) is 0. The standard InChI is InChI=1S/C11H13ClN4O2/c12-10-9-11(14-5-13-10)16(6-15-9)7-2-4-18-8(7)1-3-17/h5-8,17H,1-4H2/t7-,8-/m1/s1. The summed E-state index contributed by atoms with van der Waals surface area (Å²) in [6.45, 7) is 0.803. The van der Waals surface area contributed by atoms with E-state index in [-0.39, 0.29) is 18.8 Å². The van der Waals surface area contributed by atoms with Crippen LogP contribution in [-0.4, -0.2) is 43.9 Å². The molecule has 3 heterocycles. The van der Waals surface area contributed by atoms with Crippen molar-refractivity contribution < 1.29 is 9.84 Å². The van der Waals surface area contributed by atoms with Gasteiger partial charge in [0.05, 0.1) is 18.5 Å². The van der Waals surface area contributed by atoms with Crippen molar-refractivity contribution in [2.24, 2.45) is 0 Å². The Labute approximate surface area is 109 Å². The van der Waals surface area contributed by atoms with Crippen LogP contribution < -0.4 is 0 Å². The number of nitrogens with zero attached hydrogens (tertiary/aromatic N) is 4. The Hall–Kier alpha value is -1.24. The molecule has 1 N–H and O–H groups in total.